The second-order valence-corrected chi connectivity index (χ2v) is 5.23. The van der Waals surface area contributed by atoms with Crippen LogP contribution in [0.2, 0.25) is 5.02 Å². The maximum absolute atomic E-state index is 11.6. The molecular formula is C18H19ClO3. The summed E-state index contributed by atoms with van der Waals surface area (Å²) in [6, 6.07) is 15.1. The first-order valence-corrected chi connectivity index (χ1v) is 7.74. The molecule has 0 aliphatic carbocycles. The van der Waals surface area contributed by atoms with Crippen LogP contribution in [0, 0.1) is 0 Å². The Bertz CT molecular complexity index is 625. The average Bonchev–Trinajstić information content (AvgIpc) is 2.56. The van der Waals surface area contributed by atoms with Gasteiger partial charge in [-0.25, -0.2) is 0 Å². The molecule has 116 valence electrons. The van der Waals surface area contributed by atoms with E-state index >= 15 is 0 Å². The minimum atomic E-state index is -0.342. The minimum Gasteiger partial charge on any atom is -0.482 e. The topological polar surface area (TPSA) is 35.5 Å². The van der Waals surface area contributed by atoms with Gasteiger partial charge in [-0.15, -0.1) is 0 Å². The van der Waals surface area contributed by atoms with E-state index in [1.807, 2.05) is 37.3 Å². The molecule has 0 fully saturated rings. The standard InChI is InChI=1S/C18H19ClO3/c1-3-15(13-9-6-5-7-10-13)21-16-12-8-11-14(19)18(16)22-17(20)4-2/h5-12,15H,3-4H2,1-2H3. The van der Waals surface area contributed by atoms with Gasteiger partial charge in [-0.05, 0) is 24.1 Å². The summed E-state index contributed by atoms with van der Waals surface area (Å²) < 4.78 is 11.4. The van der Waals surface area contributed by atoms with E-state index in [-0.39, 0.29) is 24.2 Å². The fourth-order valence-electron chi connectivity index (χ4n) is 2.07. The molecule has 2 aromatic carbocycles. The molecule has 0 bridgehead atoms. The van der Waals surface area contributed by atoms with Crippen molar-refractivity contribution >= 4 is 17.6 Å². The van der Waals surface area contributed by atoms with Crippen molar-refractivity contribution < 1.29 is 14.3 Å². The summed E-state index contributed by atoms with van der Waals surface area (Å²) in [6.07, 6.45) is 0.942. The van der Waals surface area contributed by atoms with E-state index in [1.54, 1.807) is 25.1 Å². The molecule has 22 heavy (non-hydrogen) atoms. The van der Waals surface area contributed by atoms with E-state index in [2.05, 4.69) is 0 Å². The molecular weight excluding hydrogens is 300 g/mol. The molecule has 0 N–H and O–H groups in total. The smallest absolute Gasteiger partial charge is 0.311 e. The number of ether oxygens (including phenoxy) is 2. The van der Waals surface area contributed by atoms with Crippen LogP contribution in [-0.2, 0) is 4.79 Å². The Morgan fingerprint density at radius 3 is 2.45 bits per heavy atom. The minimum absolute atomic E-state index is 0.126. The number of esters is 1. The van der Waals surface area contributed by atoms with Crippen molar-refractivity contribution in [1.29, 1.82) is 0 Å². The molecule has 2 aromatic rings. The van der Waals surface area contributed by atoms with Crippen LogP contribution in [0.15, 0.2) is 48.5 Å². The lowest BCUT2D eigenvalue weighted by atomic mass is 10.1. The quantitative estimate of drug-likeness (QED) is 0.543. The maximum Gasteiger partial charge on any atom is 0.311 e. The van der Waals surface area contributed by atoms with Crippen LogP contribution in [0.1, 0.15) is 38.4 Å². The van der Waals surface area contributed by atoms with Gasteiger partial charge in [0.2, 0.25) is 0 Å². The maximum atomic E-state index is 11.6. The molecule has 4 heteroatoms. The summed E-state index contributed by atoms with van der Waals surface area (Å²) in [6.45, 7) is 3.78. The highest BCUT2D eigenvalue weighted by Crippen LogP contribution is 2.38. The molecule has 0 saturated heterocycles. The largest absolute Gasteiger partial charge is 0.482 e. The monoisotopic (exact) mass is 318 g/mol. The number of hydrogen-bond donors (Lipinski definition) is 0. The lowest BCUT2D eigenvalue weighted by Crippen LogP contribution is -2.10. The van der Waals surface area contributed by atoms with Crippen molar-refractivity contribution in [3.63, 3.8) is 0 Å². The summed E-state index contributed by atoms with van der Waals surface area (Å²) in [4.78, 5) is 11.6. The average molecular weight is 319 g/mol. The molecule has 0 aliphatic heterocycles. The van der Waals surface area contributed by atoms with Gasteiger partial charge in [-0.3, -0.25) is 4.79 Å². The van der Waals surface area contributed by atoms with Crippen molar-refractivity contribution in [3.05, 3.63) is 59.1 Å². The number of para-hydroxylation sites is 1. The summed E-state index contributed by atoms with van der Waals surface area (Å²) in [7, 11) is 0. The molecule has 0 heterocycles. The molecule has 3 nitrogen and oxygen atoms in total. The Morgan fingerprint density at radius 1 is 1.09 bits per heavy atom. The van der Waals surface area contributed by atoms with Gasteiger partial charge in [-0.1, -0.05) is 61.8 Å². The van der Waals surface area contributed by atoms with E-state index in [0.717, 1.165) is 12.0 Å². The Hall–Kier alpha value is -2.00. The molecule has 0 aliphatic rings. The first-order chi connectivity index (χ1) is 10.7. The predicted molar refractivity (Wildman–Crippen MR) is 87.5 cm³/mol. The lowest BCUT2D eigenvalue weighted by Gasteiger charge is -2.20. The van der Waals surface area contributed by atoms with Crippen LogP contribution in [0.5, 0.6) is 11.5 Å². The van der Waals surface area contributed by atoms with Crippen LogP contribution in [0.4, 0.5) is 0 Å². The zero-order valence-electron chi connectivity index (χ0n) is 12.7. The van der Waals surface area contributed by atoms with Crippen LogP contribution in [-0.4, -0.2) is 5.97 Å². The summed E-state index contributed by atoms with van der Waals surface area (Å²) in [5.74, 6) is 0.418. The van der Waals surface area contributed by atoms with Crippen molar-refractivity contribution in [2.75, 3.05) is 0 Å². The normalized spacial score (nSPS) is 11.8. The number of hydrogen-bond acceptors (Lipinski definition) is 3. The van der Waals surface area contributed by atoms with Crippen LogP contribution < -0.4 is 9.47 Å². The number of halogens is 1. The summed E-state index contributed by atoms with van der Waals surface area (Å²) in [5, 5.41) is 0.363. The Morgan fingerprint density at radius 2 is 1.82 bits per heavy atom. The summed E-state index contributed by atoms with van der Waals surface area (Å²) >= 11 is 6.15. The molecule has 2 rings (SSSR count). The highest BCUT2D eigenvalue weighted by molar-refractivity contribution is 6.32. The number of carbonyl (C=O) groups is 1. The van der Waals surface area contributed by atoms with Crippen molar-refractivity contribution in [2.45, 2.75) is 32.8 Å². The van der Waals surface area contributed by atoms with Crippen molar-refractivity contribution in [3.8, 4) is 11.5 Å². The van der Waals surface area contributed by atoms with Gasteiger partial charge in [0.05, 0.1) is 5.02 Å². The van der Waals surface area contributed by atoms with Crippen LogP contribution in [0.3, 0.4) is 0 Å². The van der Waals surface area contributed by atoms with Gasteiger partial charge in [0.25, 0.3) is 0 Å². The van der Waals surface area contributed by atoms with E-state index in [1.165, 1.54) is 0 Å². The predicted octanol–water partition coefficient (Wildman–Crippen LogP) is 5.19. The molecule has 0 amide bonds. The number of rotatable bonds is 6. The van der Waals surface area contributed by atoms with Gasteiger partial charge >= 0.3 is 5.97 Å². The van der Waals surface area contributed by atoms with E-state index in [9.17, 15) is 4.79 Å². The van der Waals surface area contributed by atoms with Crippen molar-refractivity contribution in [1.82, 2.24) is 0 Å². The molecule has 0 spiro atoms. The third-order valence-corrected chi connectivity index (χ3v) is 3.54. The van der Waals surface area contributed by atoms with Crippen molar-refractivity contribution in [2.24, 2.45) is 0 Å². The van der Waals surface area contributed by atoms with Crippen LogP contribution in [0.25, 0.3) is 0 Å². The lowest BCUT2D eigenvalue weighted by molar-refractivity contribution is -0.134. The fraction of sp³-hybridized carbons (Fsp3) is 0.278. The van der Waals surface area contributed by atoms with E-state index < -0.39 is 0 Å². The first-order valence-electron chi connectivity index (χ1n) is 7.36. The number of carbonyl (C=O) groups excluding carboxylic acids is 1. The summed E-state index contributed by atoms with van der Waals surface area (Å²) in [5.41, 5.74) is 1.07. The Labute approximate surface area is 135 Å². The van der Waals surface area contributed by atoms with E-state index in [0.29, 0.717) is 10.8 Å². The highest BCUT2D eigenvalue weighted by atomic mass is 35.5. The number of benzene rings is 2. The first kappa shape index (κ1) is 16.4. The molecule has 1 atom stereocenters. The zero-order valence-corrected chi connectivity index (χ0v) is 13.5. The fourth-order valence-corrected chi connectivity index (χ4v) is 2.28. The van der Waals surface area contributed by atoms with Gasteiger partial charge in [0.15, 0.2) is 11.5 Å². The Balaban J connectivity index is 2.28. The highest BCUT2D eigenvalue weighted by Gasteiger charge is 2.17. The molecule has 1 unspecified atom stereocenters. The second kappa shape index (κ2) is 7.85. The molecule has 0 radical (unpaired) electrons. The Kier molecular flexibility index (Phi) is 5.84. The zero-order chi connectivity index (χ0) is 15.9. The molecule has 0 aromatic heterocycles. The van der Waals surface area contributed by atoms with Crippen LogP contribution >= 0.6 is 11.6 Å². The molecule has 0 saturated carbocycles. The van der Waals surface area contributed by atoms with Gasteiger partial charge in [0, 0.05) is 6.42 Å². The van der Waals surface area contributed by atoms with Gasteiger partial charge in [0.1, 0.15) is 6.10 Å². The van der Waals surface area contributed by atoms with Gasteiger partial charge < -0.3 is 9.47 Å². The van der Waals surface area contributed by atoms with Gasteiger partial charge in [-0.2, -0.15) is 0 Å². The van der Waals surface area contributed by atoms with E-state index in [4.69, 9.17) is 21.1 Å². The SMILES string of the molecule is CCC(=O)Oc1c(Cl)cccc1OC(CC)c1ccccc1. The third kappa shape index (κ3) is 4.01. The third-order valence-electron chi connectivity index (χ3n) is 3.25. The second-order valence-electron chi connectivity index (χ2n) is 4.82.